The first-order valence-electron chi connectivity index (χ1n) is 8.82. The second-order valence-electron chi connectivity index (χ2n) is 6.79. The lowest BCUT2D eigenvalue weighted by Crippen LogP contribution is -2.34. The van der Waals surface area contributed by atoms with Gasteiger partial charge in [-0.15, -0.1) is 0 Å². The molecule has 0 bridgehead atoms. The van der Waals surface area contributed by atoms with Crippen molar-refractivity contribution in [3.05, 3.63) is 53.2 Å². The fraction of sp³-hybridized carbons (Fsp3) is 0.421. The SMILES string of the molecule is Cc1noc(C)c1CN1CCC[C@@H](c2nc(-c3ccccc3)n[nH]2)C1. The molecule has 2 aromatic heterocycles. The van der Waals surface area contributed by atoms with Crippen molar-refractivity contribution in [2.75, 3.05) is 13.1 Å². The number of benzene rings is 1. The van der Waals surface area contributed by atoms with Crippen molar-refractivity contribution in [2.24, 2.45) is 0 Å². The van der Waals surface area contributed by atoms with E-state index in [4.69, 9.17) is 9.51 Å². The van der Waals surface area contributed by atoms with E-state index in [1.165, 1.54) is 5.56 Å². The molecule has 0 saturated carbocycles. The molecular weight excluding hydrogens is 314 g/mol. The van der Waals surface area contributed by atoms with Crippen LogP contribution in [0.25, 0.3) is 11.4 Å². The van der Waals surface area contributed by atoms with Crippen molar-refractivity contribution in [1.82, 2.24) is 25.2 Å². The molecule has 0 radical (unpaired) electrons. The van der Waals surface area contributed by atoms with E-state index in [-0.39, 0.29) is 0 Å². The number of nitrogens with zero attached hydrogens (tertiary/aromatic N) is 4. The van der Waals surface area contributed by atoms with Crippen molar-refractivity contribution in [3.63, 3.8) is 0 Å². The Balaban J connectivity index is 1.47. The minimum atomic E-state index is 0.388. The zero-order valence-electron chi connectivity index (χ0n) is 14.7. The topological polar surface area (TPSA) is 70.8 Å². The molecule has 0 unspecified atom stereocenters. The summed E-state index contributed by atoms with van der Waals surface area (Å²) < 4.78 is 5.30. The third-order valence-electron chi connectivity index (χ3n) is 4.99. The summed E-state index contributed by atoms with van der Waals surface area (Å²) >= 11 is 0. The highest BCUT2D eigenvalue weighted by Gasteiger charge is 2.25. The molecule has 0 spiro atoms. The highest BCUT2D eigenvalue weighted by molar-refractivity contribution is 5.53. The van der Waals surface area contributed by atoms with E-state index in [1.54, 1.807) is 0 Å². The van der Waals surface area contributed by atoms with Gasteiger partial charge in [-0.2, -0.15) is 5.10 Å². The van der Waals surface area contributed by atoms with E-state index in [0.717, 1.165) is 61.1 Å². The highest BCUT2D eigenvalue weighted by atomic mass is 16.5. The molecule has 6 nitrogen and oxygen atoms in total. The number of aryl methyl sites for hydroxylation is 2. The molecule has 1 aliphatic heterocycles. The van der Waals surface area contributed by atoms with Crippen LogP contribution in [0, 0.1) is 13.8 Å². The number of hydrogen-bond donors (Lipinski definition) is 1. The van der Waals surface area contributed by atoms with Gasteiger partial charge in [0, 0.05) is 30.1 Å². The standard InChI is InChI=1S/C19H23N5O/c1-13-17(14(2)25-23-13)12-24-10-6-9-16(11-24)19-20-18(21-22-19)15-7-4-3-5-8-15/h3-5,7-8,16H,6,9-12H2,1-2H3,(H,20,21,22)/t16-/m1/s1. The van der Waals surface area contributed by atoms with Crippen LogP contribution in [0.5, 0.6) is 0 Å². The van der Waals surface area contributed by atoms with Crippen LogP contribution >= 0.6 is 0 Å². The van der Waals surface area contributed by atoms with Crippen LogP contribution in [-0.4, -0.2) is 38.3 Å². The summed E-state index contributed by atoms with van der Waals surface area (Å²) in [6.07, 6.45) is 2.30. The third-order valence-corrected chi connectivity index (χ3v) is 4.99. The molecule has 1 aromatic carbocycles. The molecule has 130 valence electrons. The Bertz CT molecular complexity index is 819. The van der Waals surface area contributed by atoms with Gasteiger partial charge in [0.2, 0.25) is 0 Å². The molecule has 25 heavy (non-hydrogen) atoms. The number of likely N-dealkylation sites (tertiary alicyclic amines) is 1. The normalized spacial score (nSPS) is 18.6. The van der Waals surface area contributed by atoms with Crippen LogP contribution in [0.2, 0.25) is 0 Å². The molecule has 1 aliphatic rings. The summed E-state index contributed by atoms with van der Waals surface area (Å²) in [7, 11) is 0. The predicted molar refractivity (Wildman–Crippen MR) is 95.0 cm³/mol. The third kappa shape index (κ3) is 3.35. The molecule has 1 fully saturated rings. The number of H-pyrrole nitrogens is 1. The second-order valence-corrected chi connectivity index (χ2v) is 6.79. The monoisotopic (exact) mass is 337 g/mol. The van der Waals surface area contributed by atoms with Gasteiger partial charge in [-0.3, -0.25) is 10.00 Å². The van der Waals surface area contributed by atoms with Gasteiger partial charge in [0.15, 0.2) is 5.82 Å². The number of piperidine rings is 1. The van der Waals surface area contributed by atoms with Gasteiger partial charge in [-0.1, -0.05) is 35.5 Å². The molecular formula is C19H23N5O. The van der Waals surface area contributed by atoms with E-state index >= 15 is 0 Å². The van der Waals surface area contributed by atoms with Crippen LogP contribution < -0.4 is 0 Å². The zero-order valence-corrected chi connectivity index (χ0v) is 14.7. The summed E-state index contributed by atoms with van der Waals surface area (Å²) in [6.45, 7) is 6.96. The number of aromatic nitrogens is 4. The molecule has 1 N–H and O–H groups in total. The van der Waals surface area contributed by atoms with Crippen LogP contribution in [-0.2, 0) is 6.54 Å². The number of aromatic amines is 1. The van der Waals surface area contributed by atoms with Gasteiger partial charge in [0.1, 0.15) is 11.6 Å². The van der Waals surface area contributed by atoms with E-state index in [9.17, 15) is 0 Å². The van der Waals surface area contributed by atoms with Crippen LogP contribution in [0.1, 0.15) is 41.6 Å². The lowest BCUT2D eigenvalue weighted by atomic mass is 9.97. The number of rotatable bonds is 4. The molecule has 1 saturated heterocycles. The predicted octanol–water partition coefficient (Wildman–Crippen LogP) is 3.46. The Kier molecular flexibility index (Phi) is 4.36. The first-order valence-corrected chi connectivity index (χ1v) is 8.82. The summed E-state index contributed by atoms with van der Waals surface area (Å²) in [5, 5.41) is 11.6. The van der Waals surface area contributed by atoms with E-state index in [2.05, 4.69) is 20.3 Å². The summed E-state index contributed by atoms with van der Waals surface area (Å²) in [6, 6.07) is 10.1. The smallest absolute Gasteiger partial charge is 0.181 e. The molecule has 1 atom stereocenters. The van der Waals surface area contributed by atoms with Gasteiger partial charge in [-0.25, -0.2) is 4.98 Å². The Morgan fingerprint density at radius 3 is 2.84 bits per heavy atom. The second kappa shape index (κ2) is 6.80. The maximum Gasteiger partial charge on any atom is 0.181 e. The first kappa shape index (κ1) is 16.0. The van der Waals surface area contributed by atoms with Crippen molar-refractivity contribution >= 4 is 0 Å². The van der Waals surface area contributed by atoms with E-state index in [1.807, 2.05) is 44.2 Å². The lowest BCUT2D eigenvalue weighted by molar-refractivity contribution is 0.195. The highest BCUT2D eigenvalue weighted by Crippen LogP contribution is 2.27. The van der Waals surface area contributed by atoms with Crippen molar-refractivity contribution in [3.8, 4) is 11.4 Å². The summed E-state index contributed by atoms with van der Waals surface area (Å²) in [5.74, 6) is 3.07. The van der Waals surface area contributed by atoms with Gasteiger partial charge < -0.3 is 4.52 Å². The van der Waals surface area contributed by atoms with Gasteiger partial charge in [0.25, 0.3) is 0 Å². The fourth-order valence-electron chi connectivity index (χ4n) is 3.55. The van der Waals surface area contributed by atoms with Crippen LogP contribution in [0.4, 0.5) is 0 Å². The van der Waals surface area contributed by atoms with Crippen molar-refractivity contribution in [2.45, 2.75) is 39.2 Å². The summed E-state index contributed by atoms with van der Waals surface area (Å²) in [5.41, 5.74) is 3.25. The van der Waals surface area contributed by atoms with Crippen molar-refractivity contribution in [1.29, 1.82) is 0 Å². The Morgan fingerprint density at radius 1 is 1.24 bits per heavy atom. The minimum Gasteiger partial charge on any atom is -0.361 e. The van der Waals surface area contributed by atoms with E-state index < -0.39 is 0 Å². The molecule has 3 aromatic rings. The number of nitrogens with one attached hydrogen (secondary N) is 1. The average Bonchev–Trinajstić information content (AvgIpc) is 3.26. The molecule has 3 heterocycles. The number of hydrogen-bond acceptors (Lipinski definition) is 5. The van der Waals surface area contributed by atoms with Crippen LogP contribution in [0.3, 0.4) is 0 Å². The fourth-order valence-corrected chi connectivity index (χ4v) is 3.55. The van der Waals surface area contributed by atoms with Crippen LogP contribution in [0.15, 0.2) is 34.9 Å². The molecule has 0 aliphatic carbocycles. The van der Waals surface area contributed by atoms with Gasteiger partial charge in [0.05, 0.1) is 5.69 Å². The first-order chi connectivity index (χ1) is 12.2. The molecule has 6 heteroatoms. The quantitative estimate of drug-likeness (QED) is 0.789. The maximum atomic E-state index is 5.30. The maximum absolute atomic E-state index is 5.30. The van der Waals surface area contributed by atoms with Gasteiger partial charge >= 0.3 is 0 Å². The van der Waals surface area contributed by atoms with Gasteiger partial charge in [-0.05, 0) is 33.2 Å². The zero-order chi connectivity index (χ0) is 17.2. The molecule has 4 rings (SSSR count). The minimum absolute atomic E-state index is 0.388. The largest absolute Gasteiger partial charge is 0.361 e. The Morgan fingerprint density at radius 2 is 2.08 bits per heavy atom. The summed E-state index contributed by atoms with van der Waals surface area (Å²) in [4.78, 5) is 7.21. The Labute approximate surface area is 147 Å². The molecule has 0 amide bonds. The van der Waals surface area contributed by atoms with Crippen molar-refractivity contribution < 1.29 is 4.52 Å². The Hall–Kier alpha value is -2.47. The van der Waals surface area contributed by atoms with E-state index in [0.29, 0.717) is 5.92 Å². The lowest BCUT2D eigenvalue weighted by Gasteiger charge is -2.31. The average molecular weight is 337 g/mol.